The van der Waals surface area contributed by atoms with Gasteiger partial charge in [-0.3, -0.25) is 4.98 Å². The lowest BCUT2D eigenvalue weighted by Gasteiger charge is -2.10. The van der Waals surface area contributed by atoms with E-state index in [0.29, 0.717) is 0 Å². The van der Waals surface area contributed by atoms with Gasteiger partial charge in [-0.15, -0.1) is 0 Å². The van der Waals surface area contributed by atoms with Gasteiger partial charge in [0, 0.05) is 16.5 Å². The van der Waals surface area contributed by atoms with Gasteiger partial charge in [-0.2, -0.15) is 0 Å². The topological polar surface area (TPSA) is 42.0 Å². The third-order valence-electron chi connectivity index (χ3n) is 2.97. The van der Waals surface area contributed by atoms with Crippen LogP contribution in [0, 0.1) is 0 Å². The molecular weight excluding hydrogens is 232 g/mol. The highest BCUT2D eigenvalue weighted by molar-refractivity contribution is 7.97. The van der Waals surface area contributed by atoms with Gasteiger partial charge < -0.3 is 4.79 Å². The molecule has 0 unspecified atom stereocenters. The maximum absolute atomic E-state index is 10.9. The lowest BCUT2D eigenvalue weighted by molar-refractivity contribution is -0.109. The monoisotopic (exact) mass is 244 g/mol. The van der Waals surface area contributed by atoms with Gasteiger partial charge in [0.1, 0.15) is 6.29 Å². The first-order valence-corrected chi connectivity index (χ1v) is 6.39. The van der Waals surface area contributed by atoms with Crippen molar-refractivity contribution >= 4 is 29.1 Å². The van der Waals surface area contributed by atoms with E-state index in [2.05, 4.69) is 9.71 Å². The number of hydrogen-bond acceptors (Lipinski definition) is 4. The molecule has 1 fully saturated rings. The summed E-state index contributed by atoms with van der Waals surface area (Å²) in [5, 5.41) is 1.12. The average Bonchev–Trinajstić information content (AvgIpc) is 3.17. The second kappa shape index (κ2) is 4.13. The third kappa shape index (κ3) is 2.06. The van der Waals surface area contributed by atoms with Crippen LogP contribution < -0.4 is 4.72 Å². The second-order valence-corrected chi connectivity index (χ2v) is 5.16. The van der Waals surface area contributed by atoms with E-state index in [1.165, 1.54) is 11.9 Å². The fourth-order valence-corrected chi connectivity index (χ4v) is 2.67. The number of pyridine rings is 1. The summed E-state index contributed by atoms with van der Waals surface area (Å²) in [5.74, 6) is 0. The summed E-state index contributed by atoms with van der Waals surface area (Å²) in [5.41, 5.74) is 0.691. The van der Waals surface area contributed by atoms with Crippen molar-refractivity contribution < 1.29 is 4.79 Å². The van der Waals surface area contributed by atoms with Crippen molar-refractivity contribution in [3.05, 3.63) is 36.5 Å². The zero-order valence-electron chi connectivity index (χ0n) is 9.22. The lowest BCUT2D eigenvalue weighted by Crippen LogP contribution is -2.26. The Labute approximate surface area is 104 Å². The standard InChI is InChI=1S/C13H12N2OS/c16-9-13(6-7-13)15-17-11-5-1-3-10-4-2-8-14-12(10)11/h1-5,8-9,15H,6-7H2. The van der Waals surface area contributed by atoms with E-state index in [1.807, 2.05) is 30.3 Å². The fourth-order valence-electron chi connectivity index (χ4n) is 1.69. The molecule has 0 radical (unpaired) electrons. The van der Waals surface area contributed by atoms with E-state index < -0.39 is 0 Å². The Morgan fingerprint density at radius 3 is 2.88 bits per heavy atom. The van der Waals surface area contributed by atoms with E-state index in [1.54, 1.807) is 6.20 Å². The molecular formula is C13H12N2OS. The molecule has 0 bridgehead atoms. The van der Waals surface area contributed by atoms with Crippen molar-refractivity contribution in [3.63, 3.8) is 0 Å². The van der Waals surface area contributed by atoms with Crippen LogP contribution >= 0.6 is 11.9 Å². The summed E-state index contributed by atoms with van der Waals surface area (Å²) in [4.78, 5) is 16.3. The Balaban J connectivity index is 1.87. The average molecular weight is 244 g/mol. The summed E-state index contributed by atoms with van der Waals surface area (Å²) < 4.78 is 3.24. The van der Waals surface area contributed by atoms with Crippen LogP contribution in [0.1, 0.15) is 12.8 Å². The Morgan fingerprint density at radius 1 is 1.29 bits per heavy atom. The number of carbonyl (C=O) groups excluding carboxylic acids is 1. The van der Waals surface area contributed by atoms with Crippen molar-refractivity contribution in [1.29, 1.82) is 0 Å². The smallest absolute Gasteiger partial charge is 0.140 e. The van der Waals surface area contributed by atoms with Crippen LogP contribution in [0.2, 0.25) is 0 Å². The van der Waals surface area contributed by atoms with Gasteiger partial charge in [-0.25, -0.2) is 4.72 Å². The van der Waals surface area contributed by atoms with Crippen LogP contribution in [0.5, 0.6) is 0 Å². The number of nitrogens with zero attached hydrogens (tertiary/aromatic N) is 1. The number of rotatable bonds is 4. The van der Waals surface area contributed by atoms with Crippen LogP contribution in [0.25, 0.3) is 10.9 Å². The lowest BCUT2D eigenvalue weighted by atomic mass is 10.2. The number of aldehydes is 1. The van der Waals surface area contributed by atoms with E-state index in [9.17, 15) is 4.79 Å². The molecule has 1 saturated carbocycles. The highest BCUT2D eigenvalue weighted by Gasteiger charge is 2.42. The van der Waals surface area contributed by atoms with Gasteiger partial charge in [0.25, 0.3) is 0 Å². The second-order valence-electron chi connectivity index (χ2n) is 4.31. The number of nitrogens with one attached hydrogen (secondary N) is 1. The molecule has 1 aliphatic rings. The van der Waals surface area contributed by atoms with E-state index >= 15 is 0 Å². The van der Waals surface area contributed by atoms with Gasteiger partial charge >= 0.3 is 0 Å². The number of benzene rings is 1. The zero-order valence-corrected chi connectivity index (χ0v) is 10.0. The first-order chi connectivity index (χ1) is 8.33. The molecule has 0 saturated heterocycles. The van der Waals surface area contributed by atoms with Gasteiger partial charge in [0.05, 0.1) is 11.1 Å². The number of hydrogen-bond donors (Lipinski definition) is 1. The normalized spacial score (nSPS) is 16.9. The van der Waals surface area contributed by atoms with Crippen molar-refractivity contribution in [3.8, 4) is 0 Å². The van der Waals surface area contributed by atoms with Crippen LogP contribution in [-0.4, -0.2) is 16.8 Å². The molecule has 0 amide bonds. The highest BCUT2D eigenvalue weighted by Crippen LogP contribution is 2.37. The van der Waals surface area contributed by atoms with Crippen molar-refractivity contribution in [2.45, 2.75) is 23.3 Å². The minimum atomic E-state index is -0.290. The minimum Gasteiger partial charge on any atom is -0.301 e. The predicted molar refractivity (Wildman–Crippen MR) is 68.8 cm³/mol. The molecule has 1 aromatic heterocycles. The fraction of sp³-hybridized carbons (Fsp3) is 0.231. The third-order valence-corrected chi connectivity index (χ3v) is 4.03. The predicted octanol–water partition coefficient (Wildman–Crippen LogP) is 2.56. The Bertz CT molecular complexity index is 561. The van der Waals surface area contributed by atoms with Gasteiger partial charge in [-0.1, -0.05) is 18.2 Å². The van der Waals surface area contributed by atoms with Crippen LogP contribution in [0.15, 0.2) is 41.4 Å². The molecule has 1 aromatic carbocycles. The number of aromatic nitrogens is 1. The summed E-state index contributed by atoms with van der Waals surface area (Å²) in [6.07, 6.45) is 4.67. The maximum Gasteiger partial charge on any atom is 0.140 e. The highest BCUT2D eigenvalue weighted by atomic mass is 32.2. The molecule has 2 aromatic rings. The molecule has 17 heavy (non-hydrogen) atoms. The quantitative estimate of drug-likeness (QED) is 0.663. The molecule has 0 atom stereocenters. The molecule has 1 heterocycles. The molecule has 3 nitrogen and oxygen atoms in total. The van der Waals surface area contributed by atoms with Gasteiger partial charge in [0.2, 0.25) is 0 Å². The Morgan fingerprint density at radius 2 is 2.12 bits per heavy atom. The van der Waals surface area contributed by atoms with E-state index in [-0.39, 0.29) is 5.54 Å². The van der Waals surface area contributed by atoms with Gasteiger partial charge in [0.15, 0.2) is 0 Å². The number of para-hydroxylation sites is 1. The summed E-state index contributed by atoms with van der Waals surface area (Å²) in [6, 6.07) is 10.0. The summed E-state index contributed by atoms with van der Waals surface area (Å²) >= 11 is 1.50. The SMILES string of the molecule is O=CC1(NSc2cccc3cccnc23)CC1. The molecule has 0 aliphatic heterocycles. The Hall–Kier alpha value is -1.39. The first-order valence-electron chi connectivity index (χ1n) is 5.57. The van der Waals surface area contributed by atoms with Crippen molar-refractivity contribution in [2.24, 2.45) is 0 Å². The minimum absolute atomic E-state index is 0.290. The Kier molecular flexibility index (Phi) is 2.61. The molecule has 1 aliphatic carbocycles. The van der Waals surface area contributed by atoms with Crippen molar-refractivity contribution in [2.75, 3.05) is 0 Å². The molecule has 0 spiro atoms. The first kappa shape index (κ1) is 10.7. The van der Waals surface area contributed by atoms with E-state index in [0.717, 1.165) is 34.9 Å². The van der Waals surface area contributed by atoms with E-state index in [4.69, 9.17) is 0 Å². The van der Waals surface area contributed by atoms with Crippen molar-refractivity contribution in [1.82, 2.24) is 9.71 Å². The molecule has 86 valence electrons. The summed E-state index contributed by atoms with van der Waals surface area (Å²) in [6.45, 7) is 0. The molecule has 4 heteroatoms. The maximum atomic E-state index is 10.9. The van der Waals surface area contributed by atoms with Crippen LogP contribution in [-0.2, 0) is 4.79 Å². The van der Waals surface area contributed by atoms with Gasteiger partial charge in [-0.05, 0) is 36.9 Å². The zero-order chi connectivity index (χ0) is 11.7. The van der Waals surface area contributed by atoms with Crippen LogP contribution in [0.4, 0.5) is 0 Å². The molecule has 3 rings (SSSR count). The number of carbonyl (C=O) groups is 1. The number of fused-ring (bicyclic) bond motifs is 1. The molecule has 1 N–H and O–H groups in total. The van der Waals surface area contributed by atoms with Crippen LogP contribution in [0.3, 0.4) is 0 Å². The largest absolute Gasteiger partial charge is 0.301 e. The summed E-state index contributed by atoms with van der Waals surface area (Å²) in [7, 11) is 0.